The van der Waals surface area contributed by atoms with Crippen LogP contribution in [0.4, 0.5) is 11.4 Å². The summed E-state index contributed by atoms with van der Waals surface area (Å²) in [7, 11) is 0. The van der Waals surface area contributed by atoms with Gasteiger partial charge < -0.3 is 10.4 Å². The van der Waals surface area contributed by atoms with Gasteiger partial charge in [-0.1, -0.05) is 6.07 Å². The highest BCUT2D eigenvalue weighted by Crippen LogP contribution is 2.22. The van der Waals surface area contributed by atoms with E-state index in [-0.39, 0.29) is 17.0 Å². The molecule has 0 aromatic heterocycles. The van der Waals surface area contributed by atoms with Crippen LogP contribution in [0, 0.1) is 24.0 Å². The number of hydrogen-bond acceptors (Lipinski definition) is 4. The molecule has 6 nitrogen and oxygen atoms in total. The van der Waals surface area contributed by atoms with Gasteiger partial charge in [0, 0.05) is 29.4 Å². The number of phenols is 1. The van der Waals surface area contributed by atoms with Gasteiger partial charge in [0.2, 0.25) is 0 Å². The molecule has 0 aliphatic heterocycles. The normalized spacial score (nSPS) is 10.2. The second-order valence-corrected chi connectivity index (χ2v) is 4.77. The molecule has 0 unspecified atom stereocenters. The number of anilines is 1. The highest BCUT2D eigenvalue weighted by molar-refractivity contribution is 6.04. The maximum atomic E-state index is 12.1. The lowest BCUT2D eigenvalue weighted by molar-refractivity contribution is -0.384. The number of non-ortho nitro benzene ring substituents is 1. The van der Waals surface area contributed by atoms with E-state index in [0.29, 0.717) is 16.8 Å². The Morgan fingerprint density at radius 1 is 1.19 bits per heavy atom. The molecular formula is C15H14N2O4. The standard InChI is InChI=1S/C15H14N2O4/c1-9-5-11(7-13(6-9)17(20)21)15(19)16-12-4-3-10(2)14(18)8-12/h3-8,18H,1-2H3,(H,16,19). The second kappa shape index (κ2) is 5.62. The summed E-state index contributed by atoms with van der Waals surface area (Å²) < 4.78 is 0. The molecule has 108 valence electrons. The molecular weight excluding hydrogens is 272 g/mol. The lowest BCUT2D eigenvalue weighted by atomic mass is 10.1. The van der Waals surface area contributed by atoms with Crippen molar-refractivity contribution < 1.29 is 14.8 Å². The number of nitrogens with one attached hydrogen (secondary N) is 1. The summed E-state index contributed by atoms with van der Waals surface area (Å²) in [5, 5.41) is 23.0. The van der Waals surface area contributed by atoms with E-state index in [1.807, 2.05) is 0 Å². The molecule has 0 heterocycles. The molecule has 0 fully saturated rings. The zero-order chi connectivity index (χ0) is 15.6. The van der Waals surface area contributed by atoms with Gasteiger partial charge in [0.1, 0.15) is 5.75 Å². The predicted molar refractivity (Wildman–Crippen MR) is 78.6 cm³/mol. The summed E-state index contributed by atoms with van der Waals surface area (Å²) in [6.07, 6.45) is 0. The van der Waals surface area contributed by atoms with Crippen molar-refractivity contribution in [1.29, 1.82) is 0 Å². The molecule has 0 aliphatic carbocycles. The van der Waals surface area contributed by atoms with Crippen molar-refractivity contribution in [3.63, 3.8) is 0 Å². The molecule has 21 heavy (non-hydrogen) atoms. The van der Waals surface area contributed by atoms with Crippen LogP contribution in [0.3, 0.4) is 0 Å². The lowest BCUT2D eigenvalue weighted by Gasteiger charge is -2.07. The van der Waals surface area contributed by atoms with Crippen molar-refractivity contribution in [2.24, 2.45) is 0 Å². The van der Waals surface area contributed by atoms with Gasteiger partial charge in [-0.15, -0.1) is 0 Å². The van der Waals surface area contributed by atoms with E-state index in [1.54, 1.807) is 32.0 Å². The third kappa shape index (κ3) is 3.36. The molecule has 2 aromatic carbocycles. The molecule has 0 radical (unpaired) electrons. The molecule has 6 heteroatoms. The van der Waals surface area contributed by atoms with E-state index in [9.17, 15) is 20.0 Å². The fourth-order valence-electron chi connectivity index (χ4n) is 1.89. The summed E-state index contributed by atoms with van der Waals surface area (Å²) >= 11 is 0. The number of amides is 1. The van der Waals surface area contributed by atoms with Gasteiger partial charge in [-0.25, -0.2) is 0 Å². The summed E-state index contributed by atoms with van der Waals surface area (Å²) in [4.78, 5) is 22.4. The van der Waals surface area contributed by atoms with E-state index in [1.165, 1.54) is 18.2 Å². The van der Waals surface area contributed by atoms with E-state index in [0.717, 1.165) is 0 Å². The van der Waals surface area contributed by atoms with E-state index >= 15 is 0 Å². The number of nitro benzene ring substituents is 1. The maximum absolute atomic E-state index is 12.1. The Morgan fingerprint density at radius 2 is 1.90 bits per heavy atom. The predicted octanol–water partition coefficient (Wildman–Crippen LogP) is 3.17. The van der Waals surface area contributed by atoms with Gasteiger partial charge in [0.05, 0.1) is 4.92 Å². The van der Waals surface area contributed by atoms with Crippen molar-refractivity contribution in [2.75, 3.05) is 5.32 Å². The molecule has 2 rings (SSSR count). The van der Waals surface area contributed by atoms with Crippen molar-refractivity contribution in [3.05, 3.63) is 63.2 Å². The van der Waals surface area contributed by atoms with Gasteiger partial charge in [0.15, 0.2) is 0 Å². The number of hydrogen-bond donors (Lipinski definition) is 2. The molecule has 2 aromatic rings. The SMILES string of the molecule is Cc1cc(C(=O)Nc2ccc(C)c(O)c2)cc([N+](=O)[O-])c1. The third-order valence-electron chi connectivity index (χ3n) is 3.00. The van der Waals surface area contributed by atoms with Gasteiger partial charge >= 0.3 is 0 Å². The Morgan fingerprint density at radius 3 is 2.52 bits per heavy atom. The number of aromatic hydroxyl groups is 1. The Bertz CT molecular complexity index is 726. The minimum absolute atomic E-state index is 0.0722. The number of benzene rings is 2. The molecule has 0 bridgehead atoms. The van der Waals surface area contributed by atoms with Gasteiger partial charge in [0.25, 0.3) is 11.6 Å². The summed E-state index contributed by atoms with van der Waals surface area (Å²) in [5.41, 5.74) is 1.81. The number of nitrogens with zero attached hydrogens (tertiary/aromatic N) is 1. The minimum atomic E-state index is -0.540. The van der Waals surface area contributed by atoms with Crippen molar-refractivity contribution >= 4 is 17.3 Å². The summed E-state index contributed by atoms with van der Waals surface area (Å²) in [5.74, 6) is -0.395. The fraction of sp³-hybridized carbons (Fsp3) is 0.133. The van der Waals surface area contributed by atoms with Gasteiger partial charge in [-0.2, -0.15) is 0 Å². The molecule has 2 N–H and O–H groups in total. The quantitative estimate of drug-likeness (QED) is 0.669. The first-order valence-corrected chi connectivity index (χ1v) is 6.24. The van der Waals surface area contributed by atoms with Crippen molar-refractivity contribution in [3.8, 4) is 5.75 Å². The third-order valence-corrected chi connectivity index (χ3v) is 3.00. The fourth-order valence-corrected chi connectivity index (χ4v) is 1.89. The van der Waals surface area contributed by atoms with Crippen LogP contribution >= 0.6 is 0 Å². The van der Waals surface area contributed by atoms with E-state index in [2.05, 4.69) is 5.32 Å². The molecule has 1 amide bonds. The first-order valence-electron chi connectivity index (χ1n) is 6.24. The van der Waals surface area contributed by atoms with Crippen LogP contribution < -0.4 is 5.32 Å². The molecule has 0 saturated heterocycles. The van der Waals surface area contributed by atoms with Crippen LogP contribution in [0.1, 0.15) is 21.5 Å². The zero-order valence-corrected chi connectivity index (χ0v) is 11.6. The van der Waals surface area contributed by atoms with Gasteiger partial charge in [-0.05, 0) is 37.1 Å². The van der Waals surface area contributed by atoms with Crippen LogP contribution in [0.15, 0.2) is 36.4 Å². The molecule has 0 spiro atoms. The van der Waals surface area contributed by atoms with Crippen LogP contribution in [0.25, 0.3) is 0 Å². The number of phenolic OH excluding ortho intramolecular Hbond substituents is 1. The smallest absolute Gasteiger partial charge is 0.270 e. The maximum Gasteiger partial charge on any atom is 0.270 e. The van der Waals surface area contributed by atoms with Crippen LogP contribution in [-0.2, 0) is 0 Å². The Hall–Kier alpha value is -2.89. The highest BCUT2D eigenvalue weighted by Gasteiger charge is 2.13. The van der Waals surface area contributed by atoms with Crippen molar-refractivity contribution in [2.45, 2.75) is 13.8 Å². The number of rotatable bonds is 3. The zero-order valence-electron chi connectivity index (χ0n) is 11.6. The van der Waals surface area contributed by atoms with E-state index < -0.39 is 10.8 Å². The monoisotopic (exact) mass is 286 g/mol. The van der Waals surface area contributed by atoms with Crippen LogP contribution in [-0.4, -0.2) is 15.9 Å². The van der Waals surface area contributed by atoms with Crippen molar-refractivity contribution in [1.82, 2.24) is 0 Å². The Balaban J connectivity index is 2.27. The second-order valence-electron chi connectivity index (χ2n) is 4.77. The van der Waals surface area contributed by atoms with Crippen LogP contribution in [0.2, 0.25) is 0 Å². The largest absolute Gasteiger partial charge is 0.508 e. The summed E-state index contributed by atoms with van der Waals surface area (Å²) in [6, 6.07) is 8.93. The molecule has 0 aliphatic rings. The number of aryl methyl sites for hydroxylation is 2. The summed E-state index contributed by atoms with van der Waals surface area (Å²) in [6.45, 7) is 3.42. The average Bonchev–Trinajstić information content (AvgIpc) is 2.42. The molecule has 0 saturated carbocycles. The minimum Gasteiger partial charge on any atom is -0.508 e. The lowest BCUT2D eigenvalue weighted by Crippen LogP contribution is -2.12. The number of nitro groups is 1. The van der Waals surface area contributed by atoms with Crippen LogP contribution in [0.5, 0.6) is 5.75 Å². The topological polar surface area (TPSA) is 92.5 Å². The van der Waals surface area contributed by atoms with Gasteiger partial charge in [-0.3, -0.25) is 14.9 Å². The average molecular weight is 286 g/mol. The first-order chi connectivity index (χ1) is 9.86. The number of carbonyl (C=O) groups is 1. The molecule has 0 atom stereocenters. The van der Waals surface area contributed by atoms with E-state index in [4.69, 9.17) is 0 Å². The number of carbonyl (C=O) groups excluding carboxylic acids is 1. The highest BCUT2D eigenvalue weighted by atomic mass is 16.6. The first kappa shape index (κ1) is 14.5. The Labute approximate surface area is 121 Å². The Kier molecular flexibility index (Phi) is 3.89.